The van der Waals surface area contributed by atoms with Crippen molar-refractivity contribution >= 4 is 5.91 Å². The van der Waals surface area contributed by atoms with Crippen molar-refractivity contribution < 1.29 is 14.0 Å². The van der Waals surface area contributed by atoms with Gasteiger partial charge >= 0.3 is 0 Å². The molecule has 2 aromatic heterocycles. The number of carbonyl (C=O) groups excluding carboxylic acids is 1. The predicted molar refractivity (Wildman–Crippen MR) is 127 cm³/mol. The van der Waals surface area contributed by atoms with Crippen LogP contribution in [0, 0.1) is 35.9 Å². The molecule has 3 aromatic rings. The summed E-state index contributed by atoms with van der Waals surface area (Å²) in [5.74, 6) is 0.900. The summed E-state index contributed by atoms with van der Waals surface area (Å²) in [6.45, 7) is 2.37. The van der Waals surface area contributed by atoms with Gasteiger partial charge in [-0.15, -0.1) is 0 Å². The minimum absolute atomic E-state index is 0.0111. The molecule has 0 bridgehead atoms. The number of benzene rings is 1. The van der Waals surface area contributed by atoms with Crippen LogP contribution in [-0.2, 0) is 16.1 Å². The molecular weight excluding hydrogens is 445 g/mol. The van der Waals surface area contributed by atoms with Crippen molar-refractivity contribution in [3.8, 4) is 11.8 Å². The SMILES string of the molecule is Cc1nccn1-c1cc(F)cc(C[C@H]2CC[C@H](C(=O)N3OCC[C@H]3c3cncc(C#N)c3)CC2)c1. The van der Waals surface area contributed by atoms with Gasteiger partial charge in [-0.25, -0.2) is 14.4 Å². The molecule has 1 saturated heterocycles. The number of aromatic nitrogens is 3. The highest BCUT2D eigenvalue weighted by Gasteiger charge is 2.37. The molecule has 2 aliphatic rings. The van der Waals surface area contributed by atoms with Crippen LogP contribution < -0.4 is 0 Å². The van der Waals surface area contributed by atoms with Crippen LogP contribution in [0.15, 0.2) is 49.1 Å². The maximum atomic E-state index is 14.4. The molecule has 0 spiro atoms. The summed E-state index contributed by atoms with van der Waals surface area (Å²) >= 11 is 0. The van der Waals surface area contributed by atoms with Crippen molar-refractivity contribution in [2.24, 2.45) is 11.8 Å². The first kappa shape index (κ1) is 23.2. The third-order valence-electron chi connectivity index (χ3n) is 7.16. The van der Waals surface area contributed by atoms with E-state index in [-0.39, 0.29) is 23.7 Å². The summed E-state index contributed by atoms with van der Waals surface area (Å²) in [4.78, 5) is 27.4. The Morgan fingerprint density at radius 3 is 2.74 bits per heavy atom. The van der Waals surface area contributed by atoms with Gasteiger partial charge in [-0.1, -0.05) is 0 Å². The van der Waals surface area contributed by atoms with Gasteiger partial charge in [-0.3, -0.25) is 14.6 Å². The zero-order valence-corrected chi connectivity index (χ0v) is 19.7. The lowest BCUT2D eigenvalue weighted by Crippen LogP contribution is -2.36. The topological polar surface area (TPSA) is 84.0 Å². The molecule has 1 amide bonds. The Morgan fingerprint density at radius 1 is 1.17 bits per heavy atom. The number of nitriles is 1. The van der Waals surface area contributed by atoms with Crippen LogP contribution in [0.5, 0.6) is 0 Å². The number of carbonyl (C=O) groups is 1. The third kappa shape index (κ3) is 4.96. The molecule has 8 heteroatoms. The number of hydrogen-bond donors (Lipinski definition) is 0. The first-order valence-electron chi connectivity index (χ1n) is 12.1. The van der Waals surface area contributed by atoms with Crippen molar-refractivity contribution in [3.05, 3.63) is 77.4 Å². The lowest BCUT2D eigenvalue weighted by molar-refractivity contribution is -0.183. The largest absolute Gasteiger partial charge is 0.304 e. The number of rotatable bonds is 5. The average molecular weight is 474 g/mol. The molecule has 0 radical (unpaired) electrons. The summed E-state index contributed by atoms with van der Waals surface area (Å²) < 4.78 is 16.2. The number of pyridine rings is 1. The quantitative estimate of drug-likeness (QED) is 0.529. The van der Waals surface area contributed by atoms with Gasteiger partial charge in [0.05, 0.1) is 18.2 Å². The molecular formula is C27H28FN5O2. The zero-order chi connectivity index (χ0) is 24.4. The Kier molecular flexibility index (Phi) is 6.60. The summed E-state index contributed by atoms with van der Waals surface area (Å²) in [7, 11) is 0. The van der Waals surface area contributed by atoms with E-state index >= 15 is 0 Å². The number of hydrogen-bond acceptors (Lipinski definition) is 5. The van der Waals surface area contributed by atoms with Gasteiger partial charge in [0.2, 0.25) is 5.91 Å². The van der Waals surface area contributed by atoms with E-state index in [1.165, 1.54) is 17.3 Å². The molecule has 1 aliphatic carbocycles. The molecule has 7 nitrogen and oxygen atoms in total. The van der Waals surface area contributed by atoms with Crippen molar-refractivity contribution in [3.63, 3.8) is 0 Å². The van der Waals surface area contributed by atoms with Crippen LogP contribution in [-0.4, -0.2) is 32.1 Å². The standard InChI is InChI=1S/C27H28FN5O2/c1-18-31-7-8-32(18)25-13-20(12-24(28)14-25)10-19-2-4-22(5-3-19)27(34)33-26(6-9-35-33)23-11-21(15-29)16-30-17-23/h7-8,11-14,16-17,19,22,26H,2-6,9-10H2,1H3/t19-,22-,26-/m0/s1. The second-order valence-corrected chi connectivity index (χ2v) is 9.50. The van der Waals surface area contributed by atoms with Gasteiger partial charge in [-0.2, -0.15) is 5.26 Å². The Bertz CT molecular complexity index is 1260. The fourth-order valence-electron chi connectivity index (χ4n) is 5.36. The van der Waals surface area contributed by atoms with E-state index < -0.39 is 0 Å². The lowest BCUT2D eigenvalue weighted by atomic mass is 9.78. The van der Waals surface area contributed by atoms with E-state index in [2.05, 4.69) is 16.0 Å². The van der Waals surface area contributed by atoms with Crippen molar-refractivity contribution in [2.75, 3.05) is 6.61 Å². The maximum Gasteiger partial charge on any atom is 0.249 e. The fraction of sp³-hybridized carbons (Fsp3) is 0.407. The fourth-order valence-corrected chi connectivity index (χ4v) is 5.36. The molecule has 1 saturated carbocycles. The normalized spacial score (nSPS) is 22.2. The number of hydroxylamine groups is 2. The smallest absolute Gasteiger partial charge is 0.249 e. The van der Waals surface area contributed by atoms with Crippen molar-refractivity contribution in [1.82, 2.24) is 19.6 Å². The minimum Gasteiger partial charge on any atom is -0.304 e. The number of amides is 1. The third-order valence-corrected chi connectivity index (χ3v) is 7.16. The highest BCUT2D eigenvalue weighted by Crippen LogP contribution is 2.37. The van der Waals surface area contributed by atoms with E-state index in [1.807, 2.05) is 23.8 Å². The molecule has 2 fully saturated rings. The predicted octanol–water partition coefficient (Wildman–Crippen LogP) is 4.84. The molecule has 0 unspecified atom stereocenters. The van der Waals surface area contributed by atoms with Gasteiger partial charge in [0.1, 0.15) is 17.7 Å². The molecule has 0 N–H and O–H groups in total. The van der Waals surface area contributed by atoms with Gasteiger partial charge in [0.15, 0.2) is 0 Å². The van der Waals surface area contributed by atoms with E-state index in [9.17, 15) is 14.4 Å². The van der Waals surface area contributed by atoms with Crippen LogP contribution >= 0.6 is 0 Å². The Labute approximate surface area is 204 Å². The lowest BCUT2D eigenvalue weighted by Gasteiger charge is -2.32. The molecule has 1 aromatic carbocycles. The molecule has 1 aliphatic heterocycles. The summed E-state index contributed by atoms with van der Waals surface area (Å²) in [6.07, 6.45) is 11.7. The first-order valence-corrected chi connectivity index (χ1v) is 12.1. The molecule has 5 rings (SSSR count). The van der Waals surface area contributed by atoms with Crippen LogP contribution in [0.1, 0.15) is 60.7 Å². The minimum atomic E-state index is -0.248. The van der Waals surface area contributed by atoms with Gasteiger partial charge in [0.25, 0.3) is 0 Å². The summed E-state index contributed by atoms with van der Waals surface area (Å²) in [6, 6.07) is 8.84. The van der Waals surface area contributed by atoms with E-state index in [0.29, 0.717) is 24.5 Å². The second-order valence-electron chi connectivity index (χ2n) is 9.50. The maximum absolute atomic E-state index is 14.4. The van der Waals surface area contributed by atoms with Crippen LogP contribution in [0.2, 0.25) is 0 Å². The van der Waals surface area contributed by atoms with E-state index in [0.717, 1.165) is 54.7 Å². The van der Waals surface area contributed by atoms with E-state index in [1.54, 1.807) is 24.5 Å². The highest BCUT2D eigenvalue weighted by molar-refractivity contribution is 5.78. The number of nitrogens with zero attached hydrogens (tertiary/aromatic N) is 5. The average Bonchev–Trinajstić information content (AvgIpc) is 3.53. The van der Waals surface area contributed by atoms with Crippen LogP contribution in [0.3, 0.4) is 0 Å². The van der Waals surface area contributed by atoms with Crippen molar-refractivity contribution in [1.29, 1.82) is 5.26 Å². The van der Waals surface area contributed by atoms with E-state index in [4.69, 9.17) is 4.84 Å². The molecule has 3 heterocycles. The van der Waals surface area contributed by atoms with Gasteiger partial charge < -0.3 is 4.57 Å². The summed E-state index contributed by atoms with van der Waals surface area (Å²) in [5.41, 5.74) is 3.06. The number of imidazole rings is 1. The first-order chi connectivity index (χ1) is 17.0. The highest BCUT2D eigenvalue weighted by atomic mass is 19.1. The number of halogens is 1. The second kappa shape index (κ2) is 9.96. The van der Waals surface area contributed by atoms with Gasteiger partial charge in [-0.05, 0) is 80.3 Å². The molecule has 35 heavy (non-hydrogen) atoms. The van der Waals surface area contributed by atoms with Crippen LogP contribution in [0.4, 0.5) is 4.39 Å². The molecule has 180 valence electrons. The Hall–Kier alpha value is -3.57. The molecule has 1 atom stereocenters. The van der Waals surface area contributed by atoms with Crippen LogP contribution in [0.25, 0.3) is 5.69 Å². The zero-order valence-electron chi connectivity index (χ0n) is 19.7. The number of aryl methyl sites for hydroxylation is 1. The monoisotopic (exact) mass is 473 g/mol. The Balaban J connectivity index is 1.21. The van der Waals surface area contributed by atoms with Gasteiger partial charge in [0, 0.05) is 42.8 Å². The Morgan fingerprint density at radius 2 is 2.00 bits per heavy atom. The van der Waals surface area contributed by atoms with Crippen molar-refractivity contribution in [2.45, 2.75) is 51.5 Å². The summed E-state index contributed by atoms with van der Waals surface area (Å²) in [5, 5.41) is 10.7.